The van der Waals surface area contributed by atoms with Gasteiger partial charge in [-0.2, -0.15) is 8.78 Å². The summed E-state index contributed by atoms with van der Waals surface area (Å²) in [6.45, 7) is 3.03. The van der Waals surface area contributed by atoms with Gasteiger partial charge in [0.05, 0.1) is 18.8 Å². The monoisotopic (exact) mass is 402 g/mol. The molecule has 0 aliphatic carbocycles. The highest BCUT2D eigenvalue weighted by Crippen LogP contribution is 2.36. The van der Waals surface area contributed by atoms with Crippen molar-refractivity contribution in [3.63, 3.8) is 0 Å². The molecule has 150 valence electrons. The summed E-state index contributed by atoms with van der Waals surface area (Å²) in [7, 11) is 0. The second-order valence-electron chi connectivity index (χ2n) is 6.78. The quantitative estimate of drug-likeness (QED) is 0.574. The first kappa shape index (κ1) is 19.4. The third-order valence-electron chi connectivity index (χ3n) is 4.93. The predicted octanol–water partition coefficient (Wildman–Crippen LogP) is 5.00. The molecule has 0 bridgehead atoms. The highest BCUT2D eigenvalue weighted by atomic mass is 19.3. The summed E-state index contributed by atoms with van der Waals surface area (Å²) in [5.41, 5.74) is 1.06. The normalized spacial score (nSPS) is 14.8. The molecule has 1 aliphatic heterocycles. The van der Waals surface area contributed by atoms with E-state index in [1.54, 1.807) is 0 Å². The highest BCUT2D eigenvalue weighted by molar-refractivity contribution is 5.66. The maximum Gasteiger partial charge on any atom is 0.317 e. The van der Waals surface area contributed by atoms with Gasteiger partial charge in [-0.05, 0) is 35.9 Å². The molecule has 1 aromatic heterocycles. The number of pyridine rings is 1. The van der Waals surface area contributed by atoms with Crippen molar-refractivity contribution in [3.05, 3.63) is 83.7 Å². The number of nitrogens with zero attached hydrogens (tertiary/aromatic N) is 2. The van der Waals surface area contributed by atoms with Crippen LogP contribution >= 0.6 is 0 Å². The van der Waals surface area contributed by atoms with Crippen LogP contribution in [0.5, 0.6) is 0 Å². The van der Waals surface area contributed by atoms with Gasteiger partial charge in [-0.15, -0.1) is 0 Å². The summed E-state index contributed by atoms with van der Waals surface area (Å²) in [5, 5.41) is 0. The maximum atomic E-state index is 14.6. The Kier molecular flexibility index (Phi) is 5.24. The van der Waals surface area contributed by atoms with Crippen molar-refractivity contribution in [2.75, 3.05) is 31.2 Å². The van der Waals surface area contributed by atoms with Crippen molar-refractivity contribution >= 4 is 5.69 Å². The summed E-state index contributed by atoms with van der Waals surface area (Å²) in [5.74, 6) is -5.89. The first-order valence-corrected chi connectivity index (χ1v) is 9.18. The number of anilines is 1. The maximum absolute atomic E-state index is 14.6. The minimum Gasteiger partial charge on any atom is -0.378 e. The standard InChI is InChI=1S/C22H18F4N2O/c23-17-4-7-19(20(24)13-17)22(25,26)21-8-3-16(14-27-21)15-1-5-18(6-2-15)28-9-11-29-12-10-28/h1-8,13-14H,9-12H2. The Hall–Kier alpha value is -2.93. The van der Waals surface area contributed by atoms with Crippen molar-refractivity contribution in [2.45, 2.75) is 5.92 Å². The number of aromatic nitrogens is 1. The molecule has 4 rings (SSSR count). The van der Waals surface area contributed by atoms with Gasteiger partial charge >= 0.3 is 5.92 Å². The Morgan fingerprint density at radius 3 is 2.17 bits per heavy atom. The van der Waals surface area contributed by atoms with Crippen molar-refractivity contribution in [1.29, 1.82) is 0 Å². The van der Waals surface area contributed by atoms with Crippen LogP contribution in [0.3, 0.4) is 0 Å². The molecule has 1 aliphatic rings. The Balaban J connectivity index is 1.55. The lowest BCUT2D eigenvalue weighted by atomic mass is 10.0. The van der Waals surface area contributed by atoms with E-state index in [1.807, 2.05) is 24.3 Å². The molecule has 3 aromatic rings. The summed E-state index contributed by atoms with van der Waals surface area (Å²) in [4.78, 5) is 6.06. The van der Waals surface area contributed by atoms with Gasteiger partial charge in [-0.3, -0.25) is 4.98 Å². The molecule has 0 saturated carbocycles. The second-order valence-corrected chi connectivity index (χ2v) is 6.78. The third-order valence-corrected chi connectivity index (χ3v) is 4.93. The van der Waals surface area contributed by atoms with E-state index in [2.05, 4.69) is 9.88 Å². The van der Waals surface area contributed by atoms with Gasteiger partial charge in [0, 0.05) is 36.6 Å². The smallest absolute Gasteiger partial charge is 0.317 e. The van der Waals surface area contributed by atoms with Gasteiger partial charge in [0.15, 0.2) is 0 Å². The molecular formula is C22H18F4N2O. The van der Waals surface area contributed by atoms with E-state index >= 15 is 0 Å². The van der Waals surface area contributed by atoms with E-state index in [0.29, 0.717) is 24.8 Å². The molecule has 3 nitrogen and oxygen atoms in total. The Morgan fingerprint density at radius 1 is 0.862 bits per heavy atom. The SMILES string of the molecule is Fc1ccc(C(F)(F)c2ccc(-c3ccc(N4CCOCC4)cc3)cn2)c(F)c1. The Morgan fingerprint density at radius 2 is 1.55 bits per heavy atom. The summed E-state index contributed by atoms with van der Waals surface area (Å²) >= 11 is 0. The molecule has 0 N–H and O–H groups in total. The van der Waals surface area contributed by atoms with Crippen LogP contribution in [-0.2, 0) is 10.7 Å². The van der Waals surface area contributed by atoms with Crippen molar-refractivity contribution in [3.8, 4) is 11.1 Å². The van der Waals surface area contributed by atoms with Gasteiger partial charge in [0.1, 0.15) is 17.3 Å². The van der Waals surface area contributed by atoms with Crippen LogP contribution < -0.4 is 4.90 Å². The molecule has 0 spiro atoms. The molecule has 0 unspecified atom stereocenters. The van der Waals surface area contributed by atoms with Gasteiger partial charge < -0.3 is 9.64 Å². The zero-order valence-electron chi connectivity index (χ0n) is 15.4. The fourth-order valence-electron chi connectivity index (χ4n) is 3.32. The molecule has 2 heterocycles. The first-order chi connectivity index (χ1) is 13.9. The van der Waals surface area contributed by atoms with Crippen LogP contribution in [-0.4, -0.2) is 31.3 Å². The fraction of sp³-hybridized carbons (Fsp3) is 0.227. The van der Waals surface area contributed by atoms with Gasteiger partial charge in [-0.25, -0.2) is 8.78 Å². The van der Waals surface area contributed by atoms with Crippen LogP contribution in [0.4, 0.5) is 23.2 Å². The summed E-state index contributed by atoms with van der Waals surface area (Å²) in [6.07, 6.45) is 1.33. The van der Waals surface area contributed by atoms with E-state index in [9.17, 15) is 17.6 Å². The average Bonchev–Trinajstić information content (AvgIpc) is 2.74. The fourth-order valence-corrected chi connectivity index (χ4v) is 3.32. The molecule has 0 amide bonds. The molecule has 0 radical (unpaired) electrons. The number of morpholine rings is 1. The first-order valence-electron chi connectivity index (χ1n) is 9.18. The van der Waals surface area contributed by atoms with E-state index < -0.39 is 28.8 Å². The largest absolute Gasteiger partial charge is 0.378 e. The number of benzene rings is 2. The van der Waals surface area contributed by atoms with E-state index in [1.165, 1.54) is 12.3 Å². The van der Waals surface area contributed by atoms with Crippen molar-refractivity contribution in [2.24, 2.45) is 0 Å². The van der Waals surface area contributed by atoms with Crippen molar-refractivity contribution < 1.29 is 22.3 Å². The zero-order valence-corrected chi connectivity index (χ0v) is 15.4. The minimum absolute atomic E-state index is 0.438. The van der Waals surface area contributed by atoms with Crippen LogP contribution in [0.1, 0.15) is 11.3 Å². The van der Waals surface area contributed by atoms with Crippen LogP contribution in [0.25, 0.3) is 11.1 Å². The highest BCUT2D eigenvalue weighted by Gasteiger charge is 2.38. The molecule has 1 fully saturated rings. The molecule has 29 heavy (non-hydrogen) atoms. The molecule has 0 atom stereocenters. The number of halogens is 4. The van der Waals surface area contributed by atoms with E-state index in [0.717, 1.165) is 42.5 Å². The second kappa shape index (κ2) is 7.83. The predicted molar refractivity (Wildman–Crippen MR) is 102 cm³/mol. The number of hydrogen-bond donors (Lipinski definition) is 0. The van der Waals surface area contributed by atoms with Crippen LogP contribution in [0, 0.1) is 11.6 Å². The number of ether oxygens (including phenoxy) is 1. The zero-order chi connectivity index (χ0) is 20.4. The van der Waals surface area contributed by atoms with E-state index in [4.69, 9.17) is 4.74 Å². The van der Waals surface area contributed by atoms with Crippen LogP contribution in [0.2, 0.25) is 0 Å². The molecule has 7 heteroatoms. The lowest BCUT2D eigenvalue weighted by Crippen LogP contribution is -2.36. The molecule has 2 aromatic carbocycles. The van der Waals surface area contributed by atoms with Crippen LogP contribution in [0.15, 0.2) is 60.8 Å². The lowest BCUT2D eigenvalue weighted by Gasteiger charge is -2.28. The third kappa shape index (κ3) is 3.96. The number of alkyl halides is 2. The average molecular weight is 402 g/mol. The topological polar surface area (TPSA) is 25.4 Å². The van der Waals surface area contributed by atoms with Crippen molar-refractivity contribution in [1.82, 2.24) is 4.98 Å². The molecule has 1 saturated heterocycles. The van der Waals surface area contributed by atoms with Gasteiger partial charge in [0.25, 0.3) is 0 Å². The Bertz CT molecular complexity index is 985. The Labute approximate surface area is 165 Å². The summed E-state index contributed by atoms with van der Waals surface area (Å²) in [6, 6.07) is 12.4. The van der Waals surface area contributed by atoms with Gasteiger partial charge in [0.2, 0.25) is 0 Å². The molecular weight excluding hydrogens is 384 g/mol. The minimum atomic E-state index is -3.67. The number of hydrogen-bond acceptors (Lipinski definition) is 3. The van der Waals surface area contributed by atoms with Gasteiger partial charge in [-0.1, -0.05) is 18.2 Å². The number of rotatable bonds is 4. The lowest BCUT2D eigenvalue weighted by molar-refractivity contribution is 0.0340. The summed E-state index contributed by atoms with van der Waals surface area (Å²) < 4.78 is 61.4. The van der Waals surface area contributed by atoms with E-state index in [-0.39, 0.29) is 0 Å².